The number of aromatic nitrogens is 3. The highest BCUT2D eigenvalue weighted by Gasteiger charge is 2.24. The second-order valence-electron chi connectivity index (χ2n) is 16.1. The third kappa shape index (κ3) is 7.72. The highest BCUT2D eigenvalue weighted by molar-refractivity contribution is 5.97. The highest BCUT2D eigenvalue weighted by atomic mass is 16.3. The van der Waals surface area contributed by atoms with E-state index in [0.717, 1.165) is 40.4 Å². The maximum Gasteiger partial charge on any atom is 0.149 e. The third-order valence-electron chi connectivity index (χ3n) is 10.2. The van der Waals surface area contributed by atoms with Crippen LogP contribution in [0.3, 0.4) is 0 Å². The standard InChI is InChI=1S/C54H53N3O/c1-35(2)29-36-21-26-48(46(30-36)38-15-10-9-11-16-38)57-49-19-14-18-44(51(49)56-52(57)45-17-12-13-20-50(45)58)40-31-41(33-43(32-40)54(6,7)8)47-34-39(27-28-55-47)37-22-24-42(25-23-37)53(3,4)5/h9-28,30-35,58H,29H2,1-8H3/i3D3,4D3,5D3,22D,24D,25D,27D,28D,34D. The zero-order valence-electron chi connectivity index (χ0n) is 48.0. The molecule has 58 heavy (non-hydrogen) atoms. The number of pyridine rings is 1. The summed E-state index contributed by atoms with van der Waals surface area (Å²) in [6.45, 7) is -1.14. The molecule has 0 amide bonds. The summed E-state index contributed by atoms with van der Waals surface area (Å²) in [7, 11) is 0. The minimum Gasteiger partial charge on any atom is -0.507 e. The number of phenolic OH excluding ortho intramolecular Hbond substituents is 1. The lowest BCUT2D eigenvalue weighted by molar-refractivity contribution is 0.477. The maximum absolute atomic E-state index is 11.4. The van der Waals surface area contributed by atoms with E-state index in [-0.39, 0.29) is 11.4 Å². The van der Waals surface area contributed by atoms with Crippen LogP contribution < -0.4 is 0 Å². The fourth-order valence-electron chi connectivity index (χ4n) is 7.27. The smallest absolute Gasteiger partial charge is 0.149 e. The lowest BCUT2D eigenvalue weighted by Gasteiger charge is -2.22. The number of aromatic hydroxyl groups is 1. The molecule has 0 aliphatic heterocycles. The molecular formula is C54H53N3O. The molecule has 6 aromatic carbocycles. The summed E-state index contributed by atoms with van der Waals surface area (Å²) in [4.78, 5) is 9.74. The molecule has 0 aliphatic carbocycles. The lowest BCUT2D eigenvalue weighted by Crippen LogP contribution is -2.11. The predicted octanol–water partition coefficient (Wildman–Crippen LogP) is 14.3. The van der Waals surface area contributed by atoms with Crippen molar-refractivity contribution in [1.29, 1.82) is 0 Å². The van der Waals surface area contributed by atoms with Crippen LogP contribution in [0.5, 0.6) is 5.75 Å². The second kappa shape index (κ2) is 15.2. The van der Waals surface area contributed by atoms with E-state index in [9.17, 15) is 6.48 Å². The van der Waals surface area contributed by atoms with Gasteiger partial charge in [0.05, 0.1) is 36.2 Å². The molecule has 2 heterocycles. The molecule has 4 nitrogen and oxygen atoms in total. The number of rotatable bonds is 8. The van der Waals surface area contributed by atoms with E-state index in [1.54, 1.807) is 24.3 Å². The monoisotopic (exact) mass is 775 g/mol. The van der Waals surface area contributed by atoms with Crippen LogP contribution in [0.1, 0.15) is 92.4 Å². The molecule has 0 fully saturated rings. The summed E-state index contributed by atoms with van der Waals surface area (Å²) < 4.78 is 131. The van der Waals surface area contributed by atoms with Crippen LogP contribution >= 0.6 is 0 Å². The van der Waals surface area contributed by atoms with Crippen molar-refractivity contribution in [2.24, 2.45) is 5.92 Å². The van der Waals surface area contributed by atoms with Crippen molar-refractivity contribution in [2.75, 3.05) is 0 Å². The second-order valence-corrected chi connectivity index (χ2v) is 16.1. The summed E-state index contributed by atoms with van der Waals surface area (Å²) in [6, 6.07) is 31.2. The minimum absolute atomic E-state index is 0.0240. The van der Waals surface area contributed by atoms with Crippen LogP contribution in [0.4, 0.5) is 0 Å². The van der Waals surface area contributed by atoms with Crippen molar-refractivity contribution in [1.82, 2.24) is 14.5 Å². The van der Waals surface area contributed by atoms with Gasteiger partial charge in [-0.25, -0.2) is 4.98 Å². The Kier molecular flexibility index (Phi) is 6.44. The fraction of sp³-hybridized carbons (Fsp3) is 0.222. The molecule has 0 unspecified atom stereocenters. The number of imidazole rings is 1. The molecule has 0 bridgehead atoms. The average molecular weight is 775 g/mol. The molecule has 8 rings (SSSR count). The van der Waals surface area contributed by atoms with Crippen molar-refractivity contribution in [3.63, 3.8) is 0 Å². The number of para-hydroxylation sites is 2. The highest BCUT2D eigenvalue weighted by Crippen LogP contribution is 2.42. The molecule has 290 valence electrons. The van der Waals surface area contributed by atoms with Crippen LogP contribution in [-0.2, 0) is 17.3 Å². The van der Waals surface area contributed by atoms with Crippen molar-refractivity contribution >= 4 is 11.0 Å². The Labute approximate surface area is 365 Å². The van der Waals surface area contributed by atoms with E-state index >= 15 is 0 Å². The normalized spacial score (nSPS) is 16.5. The summed E-state index contributed by atoms with van der Waals surface area (Å²) in [6.07, 6.45) is 0.213. The molecule has 0 radical (unpaired) electrons. The van der Waals surface area contributed by atoms with E-state index in [4.69, 9.17) is 24.2 Å². The van der Waals surface area contributed by atoms with E-state index in [1.807, 2.05) is 79.9 Å². The molecule has 0 aliphatic rings. The van der Waals surface area contributed by atoms with Crippen LogP contribution in [0.15, 0.2) is 152 Å². The zero-order valence-corrected chi connectivity index (χ0v) is 33.0. The number of benzene rings is 6. The van der Waals surface area contributed by atoms with Gasteiger partial charge in [0.15, 0.2) is 0 Å². The first-order chi connectivity index (χ1) is 34.0. The quantitative estimate of drug-likeness (QED) is 0.167. The Morgan fingerprint density at radius 1 is 0.655 bits per heavy atom. The van der Waals surface area contributed by atoms with Crippen LogP contribution in [-0.4, -0.2) is 19.6 Å². The molecule has 1 N–H and O–H groups in total. The summed E-state index contributed by atoms with van der Waals surface area (Å²) in [5.74, 6) is 0.901. The molecule has 4 heteroatoms. The predicted molar refractivity (Wildman–Crippen MR) is 244 cm³/mol. The van der Waals surface area contributed by atoms with Gasteiger partial charge in [0.1, 0.15) is 11.6 Å². The number of hydrogen-bond acceptors (Lipinski definition) is 3. The Morgan fingerprint density at radius 3 is 2.17 bits per heavy atom. The van der Waals surface area contributed by atoms with Crippen LogP contribution in [0.2, 0.25) is 0 Å². The number of hydrogen-bond donors (Lipinski definition) is 1. The van der Waals surface area contributed by atoms with Gasteiger partial charge in [0.25, 0.3) is 0 Å². The van der Waals surface area contributed by atoms with Crippen molar-refractivity contribution in [2.45, 2.75) is 72.4 Å². The summed E-state index contributed by atoms with van der Waals surface area (Å²) in [5, 5.41) is 11.4. The number of phenols is 1. The van der Waals surface area contributed by atoms with Crippen LogP contribution in [0, 0.1) is 5.92 Å². The Hall–Kier alpha value is -6.26. The topological polar surface area (TPSA) is 50.9 Å². The molecule has 0 spiro atoms. The SMILES string of the molecule is [2H]c1cc(-c2c([2H])c([2H])nc(-c3cc(-c4cccc5c4nc(-c4ccccc4O)n5-c4ccc(CC(C)C)cc4-c4ccccc4)cc(C(C)(C)C)c3)c2[2H])c([2H])c([2H])c1C(C([2H])([2H])[2H])(C([2H])([2H])[2H])C([2H])([2H])[2H]. The van der Waals surface area contributed by atoms with Gasteiger partial charge in [-0.2, -0.15) is 0 Å². The first kappa shape index (κ1) is 24.5. The zero-order chi connectivity index (χ0) is 53.5. The Balaban J connectivity index is 1.39. The number of fused-ring (bicyclic) bond motifs is 1. The third-order valence-corrected chi connectivity index (χ3v) is 10.2. The van der Waals surface area contributed by atoms with Gasteiger partial charge in [0.2, 0.25) is 0 Å². The summed E-state index contributed by atoms with van der Waals surface area (Å²) in [5.41, 5.74) is 1.55. The van der Waals surface area contributed by atoms with E-state index in [1.165, 1.54) is 0 Å². The van der Waals surface area contributed by atoms with Gasteiger partial charge in [-0.1, -0.05) is 146 Å². The van der Waals surface area contributed by atoms with Gasteiger partial charge >= 0.3 is 0 Å². The van der Waals surface area contributed by atoms with E-state index in [2.05, 4.69) is 49.2 Å². The van der Waals surface area contributed by atoms with E-state index < -0.39 is 84.5 Å². The van der Waals surface area contributed by atoms with Crippen molar-refractivity contribution in [3.05, 3.63) is 168 Å². The van der Waals surface area contributed by atoms with Gasteiger partial charge in [-0.05, 0) is 117 Å². The molecule has 8 aromatic rings. The Bertz CT molecular complexity index is 3400. The van der Waals surface area contributed by atoms with Crippen molar-refractivity contribution in [3.8, 4) is 67.5 Å². The Morgan fingerprint density at radius 2 is 1.41 bits per heavy atom. The van der Waals surface area contributed by atoms with E-state index in [0.29, 0.717) is 45.0 Å². The average Bonchev–Trinajstić information content (AvgIpc) is 3.68. The first-order valence-corrected chi connectivity index (χ1v) is 19.2. The van der Waals surface area contributed by atoms with Crippen molar-refractivity contribution < 1.29 is 25.7 Å². The molecule has 0 atom stereocenters. The molecule has 2 aromatic heterocycles. The lowest BCUT2D eigenvalue weighted by atomic mass is 9.83. The molecule has 0 saturated carbocycles. The minimum atomic E-state index is -3.82. The first-order valence-electron chi connectivity index (χ1n) is 26.7. The molecular weight excluding hydrogens is 707 g/mol. The van der Waals surface area contributed by atoms with Gasteiger partial charge in [-0.3, -0.25) is 9.55 Å². The van der Waals surface area contributed by atoms with Gasteiger partial charge in [0, 0.05) is 35.2 Å². The van der Waals surface area contributed by atoms with Gasteiger partial charge < -0.3 is 5.11 Å². The van der Waals surface area contributed by atoms with Gasteiger partial charge in [-0.15, -0.1) is 0 Å². The maximum atomic E-state index is 11.4. The largest absolute Gasteiger partial charge is 0.507 e. The number of nitrogens with zero attached hydrogens (tertiary/aromatic N) is 3. The summed E-state index contributed by atoms with van der Waals surface area (Å²) >= 11 is 0. The fourth-order valence-corrected chi connectivity index (χ4v) is 7.27. The van der Waals surface area contributed by atoms with Crippen LogP contribution in [0.25, 0.3) is 72.7 Å². The molecule has 0 saturated heterocycles.